The third-order valence-electron chi connectivity index (χ3n) is 6.36. The molecule has 38 heavy (non-hydrogen) atoms. The summed E-state index contributed by atoms with van der Waals surface area (Å²) < 4.78 is 80.3. The number of hydrogen-bond donors (Lipinski definition) is 2. The van der Waals surface area contributed by atoms with Crippen LogP contribution in [0.1, 0.15) is 12.8 Å². The Morgan fingerprint density at radius 1 is 0.500 bits per heavy atom. The summed E-state index contributed by atoms with van der Waals surface area (Å²) in [5.74, 6) is 0. The molecule has 0 aliphatic heterocycles. The van der Waals surface area contributed by atoms with Crippen molar-refractivity contribution in [1.82, 2.24) is 9.30 Å². The van der Waals surface area contributed by atoms with E-state index in [0.29, 0.717) is 0 Å². The molecule has 0 aromatic heterocycles. The van der Waals surface area contributed by atoms with E-state index in [1.807, 2.05) is 0 Å². The molecule has 0 spiro atoms. The largest absolute Gasteiger partial charge is 0.388 e. The first kappa shape index (κ1) is 34.8. The molecule has 0 bridgehead atoms. The highest BCUT2D eigenvalue weighted by atomic mass is 28.4. The Bertz CT molecular complexity index is 886. The van der Waals surface area contributed by atoms with Gasteiger partial charge in [-0.05, 0) is 22.5 Å². The molecule has 2 rings (SSSR count). The fourth-order valence-electron chi connectivity index (χ4n) is 4.58. The van der Waals surface area contributed by atoms with Gasteiger partial charge in [-0.25, -0.2) is 0 Å². The normalized spacial score (nSPS) is 13.6. The van der Waals surface area contributed by atoms with Crippen LogP contribution in [-0.2, 0) is 0 Å². The maximum atomic E-state index is 12.2. The van der Waals surface area contributed by atoms with Crippen LogP contribution in [0.25, 0.3) is 0 Å². The van der Waals surface area contributed by atoms with Gasteiger partial charge in [-0.15, -0.1) is 0 Å². The quantitative estimate of drug-likeness (QED) is 0.213. The van der Waals surface area contributed by atoms with E-state index in [-0.39, 0.29) is 12.1 Å². The Kier molecular flexibility index (Phi) is 12.3. The molecule has 0 fully saturated rings. The summed E-state index contributed by atoms with van der Waals surface area (Å²) in [6.45, 7) is 16.6. The highest BCUT2D eigenvalue weighted by Crippen LogP contribution is 2.28. The molecule has 0 saturated carbocycles. The molecular weight excluding hydrogens is 567 g/mol. The van der Waals surface area contributed by atoms with Crippen molar-refractivity contribution < 1.29 is 26.3 Å². The standard InChI is InChI=1S/C16H23NSi2.C10H21F6NSi2/c1-18(2,15-11-7-5-8-12-15)17-19(3,4)16-13-9-6-10-14-16;1-18(2,7-5-9(11,12)13)17-19(3,4)8-6-10(14,15)16/h5-14,17H,1-4H3;17H,5-8H2,1-4H3. The lowest BCUT2D eigenvalue weighted by molar-refractivity contribution is -0.131. The lowest BCUT2D eigenvalue weighted by Crippen LogP contribution is -2.69. The summed E-state index contributed by atoms with van der Waals surface area (Å²) in [4.78, 5) is 0. The second-order valence-corrected chi connectivity index (χ2v) is 30.4. The van der Waals surface area contributed by atoms with Crippen molar-refractivity contribution in [3.8, 4) is 0 Å². The lowest BCUT2D eigenvalue weighted by Gasteiger charge is -2.35. The number of hydrogen-bond acceptors (Lipinski definition) is 2. The van der Waals surface area contributed by atoms with Gasteiger partial charge in [0.25, 0.3) is 0 Å². The summed E-state index contributed by atoms with van der Waals surface area (Å²) >= 11 is 0. The highest BCUT2D eigenvalue weighted by Gasteiger charge is 2.38. The van der Waals surface area contributed by atoms with E-state index in [1.54, 1.807) is 26.2 Å². The second kappa shape index (κ2) is 13.4. The molecule has 0 radical (unpaired) electrons. The van der Waals surface area contributed by atoms with E-state index < -0.39 is 58.1 Å². The van der Waals surface area contributed by atoms with Gasteiger partial charge in [0.15, 0.2) is 0 Å². The molecule has 0 aliphatic carbocycles. The average molecular weight is 611 g/mol. The van der Waals surface area contributed by atoms with Crippen molar-refractivity contribution >= 4 is 43.3 Å². The third kappa shape index (κ3) is 14.3. The van der Waals surface area contributed by atoms with Gasteiger partial charge < -0.3 is 9.30 Å². The minimum absolute atomic E-state index is 0.00104. The number of halogens is 6. The Hall–Kier alpha value is -1.19. The maximum Gasteiger partial charge on any atom is 0.388 e. The van der Waals surface area contributed by atoms with Crippen molar-refractivity contribution in [3.63, 3.8) is 0 Å². The summed E-state index contributed by atoms with van der Waals surface area (Å²) in [5.41, 5.74) is 0. The Morgan fingerprint density at radius 3 is 1.05 bits per heavy atom. The van der Waals surface area contributed by atoms with Crippen LogP contribution in [0.15, 0.2) is 60.7 Å². The van der Waals surface area contributed by atoms with E-state index in [2.05, 4.69) is 96.1 Å². The molecule has 0 heterocycles. The smallest absolute Gasteiger partial charge is 0.359 e. The Morgan fingerprint density at radius 2 is 0.789 bits per heavy atom. The molecule has 2 nitrogen and oxygen atoms in total. The van der Waals surface area contributed by atoms with Gasteiger partial charge in [0.2, 0.25) is 0 Å². The van der Waals surface area contributed by atoms with Crippen LogP contribution < -0.4 is 19.7 Å². The summed E-state index contributed by atoms with van der Waals surface area (Å²) in [6.07, 6.45) is -10.2. The predicted molar refractivity (Wildman–Crippen MR) is 159 cm³/mol. The van der Waals surface area contributed by atoms with Crippen LogP contribution >= 0.6 is 0 Å². The molecule has 2 aromatic rings. The van der Waals surface area contributed by atoms with Crippen LogP contribution in [0.2, 0.25) is 64.5 Å². The van der Waals surface area contributed by atoms with E-state index in [9.17, 15) is 26.3 Å². The van der Waals surface area contributed by atoms with Gasteiger partial charge in [-0.2, -0.15) is 26.3 Å². The fraction of sp³-hybridized carbons (Fsp3) is 0.538. The van der Waals surface area contributed by atoms with Crippen LogP contribution in [0.3, 0.4) is 0 Å². The second-order valence-electron chi connectivity index (χ2n) is 12.2. The molecule has 0 saturated heterocycles. The zero-order chi connectivity index (χ0) is 29.5. The molecule has 2 aromatic carbocycles. The Labute approximate surface area is 229 Å². The molecule has 12 heteroatoms. The Balaban J connectivity index is 0.000000380. The minimum Gasteiger partial charge on any atom is -0.359 e. The molecule has 0 aliphatic rings. The summed E-state index contributed by atoms with van der Waals surface area (Å²) in [7, 11) is -7.81. The van der Waals surface area contributed by atoms with Gasteiger partial charge >= 0.3 is 12.4 Å². The maximum absolute atomic E-state index is 12.2. The van der Waals surface area contributed by atoms with E-state index in [0.717, 1.165) is 0 Å². The van der Waals surface area contributed by atoms with Crippen LogP contribution in [0.4, 0.5) is 26.3 Å². The zero-order valence-electron chi connectivity index (χ0n) is 23.9. The van der Waals surface area contributed by atoms with Crippen molar-refractivity contribution in [2.75, 3.05) is 0 Å². The fourth-order valence-corrected chi connectivity index (χ4v) is 24.2. The SMILES string of the molecule is C[Si](C)(CCC(F)(F)F)N[Si](C)(C)CCC(F)(F)F.C[Si](C)(N[Si](C)(C)c1ccccc1)c1ccccc1. The monoisotopic (exact) mass is 610 g/mol. The molecular formula is C26H44F6N2Si4. The van der Waals surface area contributed by atoms with Crippen molar-refractivity contribution in [2.24, 2.45) is 0 Å². The number of nitrogens with one attached hydrogen (secondary N) is 2. The number of benzene rings is 2. The molecule has 216 valence electrons. The van der Waals surface area contributed by atoms with Crippen molar-refractivity contribution in [3.05, 3.63) is 60.7 Å². The summed E-state index contributed by atoms with van der Waals surface area (Å²) in [5, 5.41) is 2.96. The third-order valence-corrected chi connectivity index (χ3v) is 23.3. The first-order valence-corrected chi connectivity index (χ1v) is 25.3. The number of alkyl halides is 6. The molecule has 0 atom stereocenters. The first-order chi connectivity index (χ1) is 17.0. The van der Waals surface area contributed by atoms with Crippen LogP contribution in [0, 0.1) is 0 Å². The predicted octanol–water partition coefficient (Wildman–Crippen LogP) is 7.69. The lowest BCUT2D eigenvalue weighted by atomic mass is 10.4. The van der Waals surface area contributed by atoms with Gasteiger partial charge in [-0.1, -0.05) is 113 Å². The zero-order valence-corrected chi connectivity index (χ0v) is 27.9. The topological polar surface area (TPSA) is 24.1 Å². The molecule has 2 N–H and O–H groups in total. The van der Waals surface area contributed by atoms with Gasteiger partial charge in [0.05, 0.1) is 0 Å². The first-order valence-electron chi connectivity index (χ1n) is 12.9. The average Bonchev–Trinajstić information content (AvgIpc) is 2.76. The van der Waals surface area contributed by atoms with Gasteiger partial charge in [0, 0.05) is 12.8 Å². The van der Waals surface area contributed by atoms with E-state index in [1.165, 1.54) is 10.4 Å². The van der Waals surface area contributed by atoms with Crippen LogP contribution in [0.5, 0.6) is 0 Å². The van der Waals surface area contributed by atoms with E-state index >= 15 is 0 Å². The molecule has 0 amide bonds. The number of rotatable bonds is 10. The van der Waals surface area contributed by atoms with Crippen molar-refractivity contribution in [2.45, 2.75) is 89.7 Å². The van der Waals surface area contributed by atoms with Gasteiger partial charge in [-0.3, -0.25) is 0 Å². The van der Waals surface area contributed by atoms with Crippen molar-refractivity contribution in [1.29, 1.82) is 0 Å². The molecule has 0 unspecified atom stereocenters. The minimum atomic E-state index is -4.20. The van der Waals surface area contributed by atoms with E-state index in [4.69, 9.17) is 0 Å². The summed E-state index contributed by atoms with van der Waals surface area (Å²) in [6, 6.07) is 21.8. The van der Waals surface area contributed by atoms with Gasteiger partial charge in [0.1, 0.15) is 32.9 Å². The van der Waals surface area contributed by atoms with Crippen LogP contribution in [-0.4, -0.2) is 45.3 Å². The highest BCUT2D eigenvalue weighted by molar-refractivity contribution is 7.02.